The molecule has 1 aliphatic rings. The molecular formula is C21H19ClN6O2S2. The second kappa shape index (κ2) is 8.99. The summed E-state index contributed by atoms with van der Waals surface area (Å²) in [5.74, 6) is 0. The number of carbonyl (C=O) groups is 1. The van der Waals surface area contributed by atoms with Crippen LogP contribution in [0.2, 0.25) is 5.02 Å². The highest BCUT2D eigenvalue weighted by molar-refractivity contribution is 7.23. The van der Waals surface area contributed by atoms with Crippen molar-refractivity contribution in [3.8, 4) is 9.88 Å². The highest BCUT2D eigenvalue weighted by Crippen LogP contribution is 2.28. The summed E-state index contributed by atoms with van der Waals surface area (Å²) in [6.07, 6.45) is 0. The SMILES string of the molecule is O=C(Nc1ccc(Cl)cc1)N1CCN(Cc2cc(=O)n3nc(-c4cccs4)sc3n2)CC1. The van der Waals surface area contributed by atoms with Gasteiger partial charge in [-0.05, 0) is 35.7 Å². The van der Waals surface area contributed by atoms with Gasteiger partial charge >= 0.3 is 6.03 Å². The molecule has 11 heteroatoms. The Bertz CT molecular complexity index is 1290. The molecular weight excluding hydrogens is 468 g/mol. The summed E-state index contributed by atoms with van der Waals surface area (Å²) in [7, 11) is 0. The lowest BCUT2D eigenvalue weighted by atomic mass is 10.3. The van der Waals surface area contributed by atoms with Crippen LogP contribution in [0.3, 0.4) is 0 Å². The van der Waals surface area contributed by atoms with Gasteiger partial charge in [0.2, 0.25) is 4.96 Å². The fourth-order valence-electron chi connectivity index (χ4n) is 3.51. The van der Waals surface area contributed by atoms with Gasteiger partial charge in [0, 0.05) is 49.5 Å². The van der Waals surface area contributed by atoms with Gasteiger partial charge in [0.05, 0.1) is 10.6 Å². The van der Waals surface area contributed by atoms with Crippen molar-refractivity contribution < 1.29 is 4.79 Å². The van der Waals surface area contributed by atoms with E-state index < -0.39 is 0 Å². The molecule has 5 rings (SSSR count). The number of rotatable bonds is 4. The lowest BCUT2D eigenvalue weighted by Crippen LogP contribution is -2.49. The number of piperazine rings is 1. The molecule has 0 bridgehead atoms. The van der Waals surface area contributed by atoms with Crippen molar-refractivity contribution in [2.24, 2.45) is 0 Å². The van der Waals surface area contributed by atoms with E-state index in [0.717, 1.165) is 15.6 Å². The predicted molar refractivity (Wildman–Crippen MR) is 128 cm³/mol. The first kappa shape index (κ1) is 21.1. The molecule has 8 nitrogen and oxygen atoms in total. The van der Waals surface area contributed by atoms with E-state index in [0.29, 0.717) is 48.4 Å². The van der Waals surface area contributed by atoms with Crippen molar-refractivity contribution in [2.45, 2.75) is 6.54 Å². The van der Waals surface area contributed by atoms with Crippen LogP contribution in [0.1, 0.15) is 5.69 Å². The van der Waals surface area contributed by atoms with Crippen LogP contribution in [-0.2, 0) is 6.54 Å². The Morgan fingerprint density at radius 1 is 1.12 bits per heavy atom. The average molecular weight is 487 g/mol. The van der Waals surface area contributed by atoms with Crippen LogP contribution in [0.5, 0.6) is 0 Å². The Labute approximate surface area is 196 Å². The number of urea groups is 1. The maximum absolute atomic E-state index is 12.5. The summed E-state index contributed by atoms with van der Waals surface area (Å²) in [5.41, 5.74) is 1.26. The minimum Gasteiger partial charge on any atom is -0.322 e. The van der Waals surface area contributed by atoms with Crippen molar-refractivity contribution in [2.75, 3.05) is 31.5 Å². The van der Waals surface area contributed by atoms with Crippen LogP contribution in [0.15, 0.2) is 52.6 Å². The summed E-state index contributed by atoms with van der Waals surface area (Å²) in [6.45, 7) is 3.18. The van der Waals surface area contributed by atoms with Gasteiger partial charge in [-0.2, -0.15) is 9.61 Å². The number of anilines is 1. The Morgan fingerprint density at radius 2 is 1.91 bits per heavy atom. The van der Waals surface area contributed by atoms with Crippen molar-refractivity contribution in [1.82, 2.24) is 24.4 Å². The number of nitrogens with one attached hydrogen (secondary N) is 1. The van der Waals surface area contributed by atoms with Gasteiger partial charge in [0.1, 0.15) is 0 Å². The topological polar surface area (TPSA) is 82.8 Å². The van der Waals surface area contributed by atoms with Gasteiger partial charge in [-0.3, -0.25) is 9.69 Å². The minimum absolute atomic E-state index is 0.129. The molecule has 1 N–H and O–H groups in total. The first-order valence-electron chi connectivity index (χ1n) is 10.0. The maximum Gasteiger partial charge on any atom is 0.321 e. The number of aromatic nitrogens is 3. The number of fused-ring (bicyclic) bond motifs is 1. The highest BCUT2D eigenvalue weighted by atomic mass is 35.5. The average Bonchev–Trinajstić information content (AvgIpc) is 3.46. The number of hydrogen-bond acceptors (Lipinski definition) is 7. The number of benzene rings is 1. The molecule has 0 radical (unpaired) electrons. The molecule has 4 heterocycles. The Morgan fingerprint density at radius 3 is 2.62 bits per heavy atom. The lowest BCUT2D eigenvalue weighted by Gasteiger charge is -2.34. The summed E-state index contributed by atoms with van der Waals surface area (Å²) in [4.78, 5) is 35.3. The van der Waals surface area contributed by atoms with E-state index in [1.54, 1.807) is 46.6 Å². The van der Waals surface area contributed by atoms with Crippen LogP contribution in [0.4, 0.5) is 10.5 Å². The highest BCUT2D eigenvalue weighted by Gasteiger charge is 2.22. The van der Waals surface area contributed by atoms with Crippen LogP contribution in [0.25, 0.3) is 14.8 Å². The molecule has 32 heavy (non-hydrogen) atoms. The molecule has 0 unspecified atom stereocenters. The molecule has 0 saturated carbocycles. The number of thiophene rings is 1. The number of carbonyl (C=O) groups excluding carboxylic acids is 1. The lowest BCUT2D eigenvalue weighted by molar-refractivity contribution is 0.142. The van der Waals surface area contributed by atoms with Crippen molar-refractivity contribution >= 4 is 51.0 Å². The second-order valence-corrected chi connectivity index (χ2v) is 9.70. The third kappa shape index (κ3) is 4.53. The zero-order valence-corrected chi connectivity index (χ0v) is 19.3. The van der Waals surface area contributed by atoms with E-state index in [9.17, 15) is 9.59 Å². The van der Waals surface area contributed by atoms with Gasteiger partial charge in [-0.1, -0.05) is 29.0 Å². The minimum atomic E-state index is -0.176. The molecule has 3 aromatic heterocycles. The standard InChI is InChI=1S/C21H19ClN6O2S2/c22-14-3-5-15(6-4-14)23-20(30)27-9-7-26(8-10-27)13-16-12-18(29)28-21(24-16)32-19(25-28)17-2-1-11-31-17/h1-6,11-12H,7-10,13H2,(H,23,30). The largest absolute Gasteiger partial charge is 0.322 e. The zero-order valence-electron chi connectivity index (χ0n) is 16.9. The van der Waals surface area contributed by atoms with Gasteiger partial charge in [-0.25, -0.2) is 9.78 Å². The van der Waals surface area contributed by atoms with Crippen molar-refractivity contribution in [3.63, 3.8) is 0 Å². The van der Waals surface area contributed by atoms with Crippen LogP contribution in [-0.4, -0.2) is 56.6 Å². The molecule has 1 aromatic carbocycles. The van der Waals surface area contributed by atoms with Crippen molar-refractivity contribution in [3.05, 3.63) is 68.9 Å². The van der Waals surface area contributed by atoms with E-state index in [1.807, 2.05) is 17.5 Å². The Balaban J connectivity index is 1.21. The molecule has 0 aliphatic carbocycles. The van der Waals surface area contributed by atoms with E-state index in [4.69, 9.17) is 11.6 Å². The van der Waals surface area contributed by atoms with Gasteiger partial charge < -0.3 is 10.2 Å². The molecule has 2 amide bonds. The number of halogens is 1. The number of amides is 2. The normalized spacial score (nSPS) is 14.7. The molecule has 0 spiro atoms. The zero-order chi connectivity index (χ0) is 22.1. The van der Waals surface area contributed by atoms with Gasteiger partial charge in [-0.15, -0.1) is 11.3 Å². The molecule has 1 saturated heterocycles. The first-order valence-corrected chi connectivity index (χ1v) is 12.1. The number of nitrogens with zero attached hydrogens (tertiary/aromatic N) is 5. The summed E-state index contributed by atoms with van der Waals surface area (Å²) >= 11 is 8.89. The molecule has 1 fully saturated rings. The summed E-state index contributed by atoms with van der Waals surface area (Å²) in [6, 6.07) is 12.4. The van der Waals surface area contributed by atoms with Crippen LogP contribution >= 0.6 is 34.3 Å². The summed E-state index contributed by atoms with van der Waals surface area (Å²) in [5, 5.41) is 10.7. The Kier molecular flexibility index (Phi) is 5.92. The second-order valence-electron chi connectivity index (χ2n) is 7.36. The van der Waals surface area contributed by atoms with Crippen molar-refractivity contribution in [1.29, 1.82) is 0 Å². The third-order valence-electron chi connectivity index (χ3n) is 5.17. The van der Waals surface area contributed by atoms with Crippen LogP contribution in [0, 0.1) is 0 Å². The quantitative estimate of drug-likeness (QED) is 0.473. The van der Waals surface area contributed by atoms with E-state index >= 15 is 0 Å². The monoisotopic (exact) mass is 486 g/mol. The summed E-state index contributed by atoms with van der Waals surface area (Å²) < 4.78 is 1.36. The van der Waals surface area contributed by atoms with E-state index in [-0.39, 0.29) is 11.6 Å². The number of hydrogen-bond donors (Lipinski definition) is 1. The van der Waals surface area contributed by atoms with E-state index in [1.165, 1.54) is 15.9 Å². The fraction of sp³-hybridized carbons (Fsp3) is 0.238. The van der Waals surface area contributed by atoms with Gasteiger partial charge in [0.15, 0.2) is 5.01 Å². The predicted octanol–water partition coefficient (Wildman–Crippen LogP) is 3.88. The fourth-order valence-corrected chi connectivity index (χ4v) is 5.35. The molecule has 1 aliphatic heterocycles. The van der Waals surface area contributed by atoms with E-state index in [2.05, 4.69) is 20.3 Å². The molecule has 164 valence electrons. The smallest absolute Gasteiger partial charge is 0.321 e. The van der Waals surface area contributed by atoms with Gasteiger partial charge in [0.25, 0.3) is 5.56 Å². The first-order chi connectivity index (χ1) is 15.5. The molecule has 0 atom stereocenters. The maximum atomic E-state index is 12.5. The van der Waals surface area contributed by atoms with Crippen LogP contribution < -0.4 is 10.9 Å². The third-order valence-corrected chi connectivity index (χ3v) is 7.37. The Hall–Kier alpha value is -2.79. The molecule has 4 aromatic rings.